The number of ether oxygens (including phenoxy) is 3. The minimum absolute atomic E-state index is 0. The number of phenols is 2. The van der Waals surface area contributed by atoms with Crippen LogP contribution in [-0.4, -0.2) is 153 Å². The molecule has 0 atom stereocenters. The summed E-state index contributed by atoms with van der Waals surface area (Å²) in [4.78, 5) is 16.8. The van der Waals surface area contributed by atoms with E-state index in [9.17, 15) is 85.4 Å². The number of anilines is 6. The second-order valence-corrected chi connectivity index (χ2v) is 26.7. The van der Waals surface area contributed by atoms with Crippen LogP contribution in [0.25, 0.3) is 21.5 Å². The third-order valence-corrected chi connectivity index (χ3v) is 18.1. The van der Waals surface area contributed by atoms with Crippen molar-refractivity contribution in [1.82, 2.24) is 29.9 Å². The predicted molar refractivity (Wildman–Crippen MR) is 307 cm³/mol. The van der Waals surface area contributed by atoms with Gasteiger partial charge in [0, 0.05) is 29.2 Å². The van der Waals surface area contributed by atoms with Crippen LogP contribution in [0, 0.1) is 12.2 Å². The Bertz CT molecular complexity index is 4960. The molecule has 0 aliphatic rings. The molecule has 0 amide bonds. The van der Waals surface area contributed by atoms with Gasteiger partial charge in [-0.2, -0.15) is 43.0 Å². The first-order chi connectivity index (χ1) is 44.8. The summed E-state index contributed by atoms with van der Waals surface area (Å²) >= 11 is 0.187. The second-order valence-electron chi connectivity index (χ2n) is 17.9. The number of aromatic hydroxyl groups is 2. The summed E-state index contributed by atoms with van der Waals surface area (Å²) in [5.74, 6) is -5.67. The molecule has 101 heavy (non-hydrogen) atoms. The normalized spacial score (nSPS) is 11.7. The fraction of sp³-hybridized carbons (Fsp3) is 0.174. The van der Waals surface area contributed by atoms with Crippen molar-refractivity contribution in [3.63, 3.8) is 0 Å². The van der Waals surface area contributed by atoms with Crippen LogP contribution in [0.5, 0.6) is 23.0 Å². The molecule has 0 fully saturated rings. The maximum Gasteiger partial charge on any atom is 1.00 e. The standard InChI is InChI=1S/C46H42F2N14O26S7.6Na/c1-81-31-8-4-22(91(67,68)14-13-84-90-88-86-66)17-29(31)60-61-36-33(89-87-85-65)16-21-15-24(93(72,73)74)18-30(35(21)39(36)64)52-46-56-42(48)54-44(58-46)50-10-12-83-11-9-49-43-53-41(47)55-45(57-43)51-28-7-5-25-26(40(28)95(78,79)80)20-34(94(75,76)77)37(38(25)63)62-59-27-6-3-23(92(69,70)71)19-32(27)82-2;;;;;;/h3-8,15-20,63-66H,9-14H2,1-2H3,(H,69,70,71)(H,72,73,74)(H,75,76,77)(H,78,79,80)(H2,49,51,53,55,57)(H2,50,52,54,56,58);;;;;;/q;6*+1/p-6. The van der Waals surface area contributed by atoms with Crippen LogP contribution in [0.2, 0.25) is 0 Å². The number of azo groups is 2. The Hall–Kier alpha value is -2.71. The van der Waals surface area contributed by atoms with E-state index in [0.717, 1.165) is 61.7 Å². The van der Waals surface area contributed by atoms with E-state index < -0.39 is 169 Å². The van der Waals surface area contributed by atoms with Crippen LogP contribution in [0.15, 0.2) is 123 Å². The van der Waals surface area contributed by atoms with Crippen molar-refractivity contribution in [3.05, 3.63) is 85.0 Å². The van der Waals surface area contributed by atoms with Gasteiger partial charge in [-0.3, -0.25) is 14.3 Å². The first-order valence-corrected chi connectivity index (χ1v) is 33.8. The number of fused-ring (bicyclic) bond motifs is 2. The fourth-order valence-electron chi connectivity index (χ4n) is 8.12. The molecule has 0 aliphatic heterocycles. The maximum atomic E-state index is 15.0. The van der Waals surface area contributed by atoms with Gasteiger partial charge in [-0.25, -0.2) is 42.1 Å². The average Bonchev–Trinajstić information content (AvgIpc) is 0.763. The molecule has 0 spiro atoms. The van der Waals surface area contributed by atoms with Crippen molar-refractivity contribution in [2.45, 2.75) is 29.4 Å². The van der Waals surface area contributed by atoms with E-state index in [4.69, 9.17) is 18.4 Å². The third-order valence-electron chi connectivity index (χ3n) is 12.0. The number of aromatic nitrogens is 6. The fourth-order valence-corrected chi connectivity index (χ4v) is 12.5. The largest absolute Gasteiger partial charge is 1.00 e. The smallest absolute Gasteiger partial charge is 0.744 e. The van der Waals surface area contributed by atoms with Crippen LogP contribution in [0.3, 0.4) is 0 Å². The number of halogens is 2. The summed E-state index contributed by atoms with van der Waals surface area (Å²) < 4.78 is 233. The van der Waals surface area contributed by atoms with Crippen LogP contribution in [-0.2, 0) is 78.0 Å². The van der Waals surface area contributed by atoms with Crippen molar-refractivity contribution in [2.75, 3.05) is 74.1 Å². The van der Waals surface area contributed by atoms with Gasteiger partial charge in [0.2, 0.25) is 23.8 Å². The summed E-state index contributed by atoms with van der Waals surface area (Å²) in [6.07, 6.45) is -2.93. The summed E-state index contributed by atoms with van der Waals surface area (Å²) in [5.41, 5.74) is -3.53. The number of hydrogen-bond acceptors (Lipinski definition) is 42. The molecule has 0 saturated carbocycles. The van der Waals surface area contributed by atoms with Gasteiger partial charge >= 0.3 is 190 Å². The first kappa shape index (κ1) is 94.4. The number of nitrogens with one attached hydrogen (secondary N) is 4. The predicted octanol–water partition coefficient (Wildman–Crippen LogP) is -14.6. The summed E-state index contributed by atoms with van der Waals surface area (Å²) in [6, 6.07) is 10.5. The molecule has 6 N–H and O–H groups in total. The zero-order valence-electron chi connectivity index (χ0n) is 52.9. The minimum Gasteiger partial charge on any atom is -0.744 e. The molecule has 508 valence electrons. The molecule has 0 unspecified atom stereocenters. The van der Waals surface area contributed by atoms with Gasteiger partial charge in [0.15, 0.2) is 33.7 Å². The van der Waals surface area contributed by atoms with E-state index in [1.54, 1.807) is 0 Å². The number of benzene rings is 6. The van der Waals surface area contributed by atoms with E-state index in [2.05, 4.69) is 90.4 Å². The van der Waals surface area contributed by atoms with Gasteiger partial charge < -0.3 is 74.4 Å². The molecule has 2 aromatic heterocycles. The Labute approximate surface area is 710 Å². The third kappa shape index (κ3) is 25.5. The summed E-state index contributed by atoms with van der Waals surface area (Å²) in [7, 11) is -23.7. The van der Waals surface area contributed by atoms with Gasteiger partial charge in [0.25, 0.3) is 0 Å². The molecule has 6 aromatic carbocycles. The van der Waals surface area contributed by atoms with Crippen molar-refractivity contribution in [3.8, 4) is 23.0 Å². The topological polar surface area (TPSA) is 598 Å². The molecule has 8 rings (SSSR count). The number of hydrogen-bond donors (Lipinski definition) is 6. The van der Waals surface area contributed by atoms with Crippen molar-refractivity contribution < 1.29 is 304 Å². The van der Waals surface area contributed by atoms with Crippen LogP contribution in [0.4, 0.5) is 66.7 Å². The zero-order chi connectivity index (χ0) is 69.2. The Morgan fingerprint density at radius 2 is 1.08 bits per heavy atom. The number of nitrogens with zero attached hydrogens (tertiary/aromatic N) is 10. The molecule has 0 saturated heterocycles. The Balaban J connectivity index is 0.00000578. The van der Waals surface area contributed by atoms with Crippen LogP contribution in [0.1, 0.15) is 0 Å². The molecule has 40 nitrogen and oxygen atoms in total. The Kier molecular flexibility index (Phi) is 38.9. The van der Waals surface area contributed by atoms with Crippen molar-refractivity contribution in [1.29, 1.82) is 0 Å². The second kappa shape index (κ2) is 41.6. The van der Waals surface area contributed by atoms with Crippen molar-refractivity contribution >= 4 is 154 Å². The summed E-state index contributed by atoms with van der Waals surface area (Å²) in [5, 5.41) is 73.6. The van der Waals surface area contributed by atoms with Gasteiger partial charge in [0.05, 0.1) is 92.6 Å². The Morgan fingerprint density at radius 1 is 0.525 bits per heavy atom. The van der Waals surface area contributed by atoms with Gasteiger partial charge in [-0.05, 0) is 78.2 Å². The Morgan fingerprint density at radius 3 is 1.63 bits per heavy atom. The molecular formula is C46H36F2N14Na6O26S7. The quantitative estimate of drug-likeness (QED) is 0.00434. The van der Waals surface area contributed by atoms with Crippen LogP contribution >= 0.6 is 24.4 Å². The molecule has 0 radical (unpaired) electrons. The molecular weight excluding hydrogens is 1560 g/mol. The molecule has 0 bridgehead atoms. The number of phenolic OH excluding ortho intramolecular Hbond substituents is 2. The van der Waals surface area contributed by atoms with E-state index in [-0.39, 0.29) is 266 Å². The monoisotopic (exact) mass is 1600 g/mol. The van der Waals surface area contributed by atoms with Gasteiger partial charge in [-0.1, -0.05) is 0 Å². The molecule has 8 aromatic rings. The minimum atomic E-state index is -5.75. The molecule has 55 heteroatoms. The summed E-state index contributed by atoms with van der Waals surface area (Å²) in [6.45, 7) is -1.31. The van der Waals surface area contributed by atoms with Gasteiger partial charge in [-0.15, -0.1) is 24.8 Å². The van der Waals surface area contributed by atoms with Crippen molar-refractivity contribution in [2.24, 2.45) is 20.5 Å². The SMILES string of the molecule is COc1cc(S(=O)(=O)[O-])ccc1N=Nc1c(S(=O)(=O)[O-])cc2c(S(=O)(=O)[O-])c(Nc3nc(F)nc(NCCOCCNc4nc(F)nc(Nc5cc(S(=O)(=O)[O-])cc6cc(SOO[O-])c(N=Nc7cc(S(=O)(=O)CCOSOO[O-])ccc7OC)c(O)c56)n4)n3)ccc2c1O.[Na+].[Na+].[Na+].[Na+].[Na+].[Na+]. The van der Waals surface area contributed by atoms with E-state index >= 15 is 4.39 Å². The van der Waals surface area contributed by atoms with Crippen LogP contribution < -0.4 is 219 Å². The first-order valence-electron chi connectivity index (χ1n) is 25.1. The van der Waals surface area contributed by atoms with E-state index in [1.807, 2.05) is 0 Å². The van der Waals surface area contributed by atoms with E-state index in [1.165, 1.54) is 13.2 Å². The molecule has 0 aliphatic carbocycles. The number of methoxy groups -OCH3 is 2. The zero-order valence-corrected chi connectivity index (χ0v) is 70.7. The average molecular weight is 1600 g/mol. The number of rotatable bonds is 32. The van der Waals surface area contributed by atoms with E-state index in [0.29, 0.717) is 12.1 Å². The maximum absolute atomic E-state index is 15.0. The number of sulfone groups is 1. The molecule has 2 heterocycles. The van der Waals surface area contributed by atoms with Gasteiger partial charge in [0.1, 0.15) is 74.7 Å².